The van der Waals surface area contributed by atoms with Gasteiger partial charge in [0.1, 0.15) is 0 Å². The van der Waals surface area contributed by atoms with Gasteiger partial charge in [0.25, 0.3) is 5.56 Å². The van der Waals surface area contributed by atoms with Crippen molar-refractivity contribution in [1.29, 1.82) is 0 Å². The van der Waals surface area contributed by atoms with Crippen LogP contribution in [-0.2, 0) is 6.42 Å². The van der Waals surface area contributed by atoms with E-state index in [-0.39, 0.29) is 17.5 Å². The van der Waals surface area contributed by atoms with E-state index in [1.807, 2.05) is 23.8 Å². The lowest BCUT2D eigenvalue weighted by atomic mass is 10.1. The molecule has 2 aromatic rings. The highest BCUT2D eigenvalue weighted by atomic mass is 32.1. The van der Waals surface area contributed by atoms with E-state index in [0.717, 1.165) is 5.56 Å². The van der Waals surface area contributed by atoms with E-state index in [0.29, 0.717) is 6.42 Å². The molecule has 2 N–H and O–H groups in total. The second kappa shape index (κ2) is 4.81. The molecule has 0 bridgehead atoms. The van der Waals surface area contributed by atoms with Crippen LogP contribution in [0.3, 0.4) is 0 Å². The van der Waals surface area contributed by atoms with Gasteiger partial charge in [-0.25, -0.2) is 4.79 Å². The predicted molar refractivity (Wildman–Crippen MR) is 70.5 cm³/mol. The number of nitrogens with zero attached hydrogens (tertiary/aromatic N) is 1. The third-order valence-corrected chi connectivity index (χ3v) is 3.63. The van der Waals surface area contributed by atoms with E-state index in [2.05, 4.69) is 4.98 Å². The summed E-state index contributed by atoms with van der Waals surface area (Å²) < 4.78 is 1.22. The van der Waals surface area contributed by atoms with Crippen molar-refractivity contribution >= 4 is 11.3 Å². The molecule has 6 heteroatoms. The normalized spacial score (nSPS) is 12.6. The van der Waals surface area contributed by atoms with Crippen LogP contribution in [0, 0.1) is 6.92 Å². The van der Waals surface area contributed by atoms with Gasteiger partial charge in [0, 0.05) is 6.04 Å². The number of nitrogens with one attached hydrogen (secondary N) is 1. The number of hydrogen-bond acceptors (Lipinski definition) is 4. The van der Waals surface area contributed by atoms with E-state index in [9.17, 15) is 14.7 Å². The van der Waals surface area contributed by atoms with Gasteiger partial charge in [-0.15, -0.1) is 0 Å². The molecule has 0 saturated heterocycles. The summed E-state index contributed by atoms with van der Waals surface area (Å²) >= 11 is 1.58. The van der Waals surface area contributed by atoms with Crippen LogP contribution < -0.4 is 11.2 Å². The monoisotopic (exact) mass is 266 g/mol. The molecule has 5 nitrogen and oxygen atoms in total. The molecule has 0 fully saturated rings. The van der Waals surface area contributed by atoms with E-state index in [1.54, 1.807) is 11.3 Å². The van der Waals surface area contributed by atoms with Crippen LogP contribution in [0.2, 0.25) is 0 Å². The fourth-order valence-electron chi connectivity index (χ4n) is 1.88. The quantitative estimate of drug-likeness (QED) is 0.882. The Morgan fingerprint density at radius 1 is 1.50 bits per heavy atom. The van der Waals surface area contributed by atoms with Crippen molar-refractivity contribution in [3.63, 3.8) is 0 Å². The van der Waals surface area contributed by atoms with Crippen LogP contribution in [0.4, 0.5) is 0 Å². The highest BCUT2D eigenvalue weighted by molar-refractivity contribution is 7.07. The molecule has 2 rings (SSSR count). The van der Waals surface area contributed by atoms with Gasteiger partial charge in [0.2, 0.25) is 5.88 Å². The average molecular weight is 266 g/mol. The lowest BCUT2D eigenvalue weighted by Gasteiger charge is -2.16. The molecule has 0 saturated carbocycles. The Labute approximate surface area is 107 Å². The molecule has 2 aromatic heterocycles. The first kappa shape index (κ1) is 12.6. The molecule has 0 amide bonds. The van der Waals surface area contributed by atoms with Crippen LogP contribution in [0.25, 0.3) is 0 Å². The molecule has 18 heavy (non-hydrogen) atoms. The zero-order valence-electron chi connectivity index (χ0n) is 10.1. The molecule has 0 aliphatic carbocycles. The van der Waals surface area contributed by atoms with Crippen LogP contribution in [-0.4, -0.2) is 14.7 Å². The summed E-state index contributed by atoms with van der Waals surface area (Å²) in [5.41, 5.74) is 0.136. The molecular formula is C12H14N2O3S. The minimum Gasteiger partial charge on any atom is -0.494 e. The van der Waals surface area contributed by atoms with E-state index >= 15 is 0 Å². The van der Waals surface area contributed by atoms with E-state index in [1.165, 1.54) is 11.5 Å². The third kappa shape index (κ3) is 2.24. The number of H-pyrrole nitrogens is 1. The van der Waals surface area contributed by atoms with Crippen molar-refractivity contribution in [2.24, 2.45) is 0 Å². The van der Waals surface area contributed by atoms with Gasteiger partial charge in [-0.1, -0.05) is 0 Å². The summed E-state index contributed by atoms with van der Waals surface area (Å²) in [6, 6.07) is 1.75. The lowest BCUT2D eigenvalue weighted by molar-refractivity contribution is 0.366. The lowest BCUT2D eigenvalue weighted by Crippen LogP contribution is -2.33. The summed E-state index contributed by atoms with van der Waals surface area (Å²) in [5.74, 6) is -0.258. The van der Waals surface area contributed by atoms with Crippen molar-refractivity contribution in [2.45, 2.75) is 26.3 Å². The van der Waals surface area contributed by atoms with Gasteiger partial charge >= 0.3 is 5.69 Å². The number of aromatic nitrogens is 2. The zero-order chi connectivity index (χ0) is 13.3. The largest absolute Gasteiger partial charge is 0.494 e. The Bertz CT molecular complexity index is 655. The van der Waals surface area contributed by atoms with Gasteiger partial charge in [0.15, 0.2) is 0 Å². The molecule has 0 aliphatic rings. The van der Waals surface area contributed by atoms with Crippen molar-refractivity contribution < 1.29 is 5.11 Å². The van der Waals surface area contributed by atoms with E-state index < -0.39 is 11.2 Å². The topological polar surface area (TPSA) is 75.1 Å². The Hall–Kier alpha value is -1.82. The van der Waals surface area contributed by atoms with Crippen LogP contribution in [0.15, 0.2) is 26.4 Å². The Balaban J connectivity index is 2.42. The summed E-state index contributed by atoms with van der Waals surface area (Å²) in [5, 5.41) is 13.9. The first-order valence-electron chi connectivity index (χ1n) is 5.56. The molecule has 0 spiro atoms. The standard InChI is InChI=1S/C12H14N2O3S/c1-7(5-9-3-4-18-6-9)14-11(16)8(2)10(15)13-12(14)17/h3-4,6-7,16H,5H2,1-2H3,(H,13,15,17). The molecular weight excluding hydrogens is 252 g/mol. The van der Waals surface area contributed by atoms with Gasteiger partial charge < -0.3 is 5.11 Å². The maximum absolute atomic E-state index is 11.7. The summed E-state index contributed by atoms with van der Waals surface area (Å²) in [4.78, 5) is 25.3. The van der Waals surface area contributed by atoms with Crippen molar-refractivity contribution in [1.82, 2.24) is 9.55 Å². The van der Waals surface area contributed by atoms with Gasteiger partial charge in [-0.3, -0.25) is 14.3 Å². The number of thiophene rings is 1. The Kier molecular flexibility index (Phi) is 3.38. The molecule has 0 aromatic carbocycles. The number of hydrogen-bond donors (Lipinski definition) is 2. The Morgan fingerprint density at radius 3 is 2.83 bits per heavy atom. The Morgan fingerprint density at radius 2 is 2.22 bits per heavy atom. The maximum atomic E-state index is 11.7. The third-order valence-electron chi connectivity index (χ3n) is 2.90. The summed E-state index contributed by atoms with van der Waals surface area (Å²) in [6.07, 6.45) is 0.627. The van der Waals surface area contributed by atoms with Crippen molar-refractivity contribution in [3.05, 3.63) is 48.8 Å². The molecule has 2 heterocycles. The molecule has 0 radical (unpaired) electrons. The van der Waals surface area contributed by atoms with Gasteiger partial charge in [-0.2, -0.15) is 11.3 Å². The van der Waals surface area contributed by atoms with Crippen LogP contribution in [0.5, 0.6) is 5.88 Å². The smallest absolute Gasteiger partial charge is 0.331 e. The summed E-state index contributed by atoms with van der Waals surface area (Å²) in [6.45, 7) is 3.32. The minimum atomic E-state index is -0.578. The average Bonchev–Trinajstić information content (AvgIpc) is 2.78. The maximum Gasteiger partial charge on any atom is 0.331 e. The predicted octanol–water partition coefficient (Wildman–Crippen LogP) is 1.42. The van der Waals surface area contributed by atoms with Crippen molar-refractivity contribution in [2.75, 3.05) is 0 Å². The second-order valence-electron chi connectivity index (χ2n) is 4.26. The molecule has 1 atom stereocenters. The highest BCUT2D eigenvalue weighted by Gasteiger charge is 2.16. The molecule has 1 unspecified atom stereocenters. The van der Waals surface area contributed by atoms with Gasteiger partial charge in [-0.05, 0) is 42.7 Å². The van der Waals surface area contributed by atoms with Crippen molar-refractivity contribution in [3.8, 4) is 5.88 Å². The molecule has 96 valence electrons. The fraction of sp³-hybridized carbons (Fsp3) is 0.333. The first-order chi connectivity index (χ1) is 8.50. The minimum absolute atomic E-state index is 0.159. The van der Waals surface area contributed by atoms with E-state index in [4.69, 9.17) is 0 Å². The SMILES string of the molecule is Cc1c(O)n(C(C)Cc2ccsc2)c(=O)[nH]c1=O. The van der Waals surface area contributed by atoms with Crippen LogP contribution in [0.1, 0.15) is 24.1 Å². The first-order valence-corrected chi connectivity index (χ1v) is 6.50. The number of aromatic amines is 1. The summed E-state index contributed by atoms with van der Waals surface area (Å²) in [7, 11) is 0. The highest BCUT2D eigenvalue weighted by Crippen LogP contribution is 2.19. The second-order valence-corrected chi connectivity index (χ2v) is 5.04. The molecule has 0 aliphatic heterocycles. The van der Waals surface area contributed by atoms with Crippen LogP contribution >= 0.6 is 11.3 Å². The fourth-order valence-corrected chi connectivity index (χ4v) is 2.56. The number of rotatable bonds is 3. The number of aromatic hydroxyl groups is 1. The zero-order valence-corrected chi connectivity index (χ0v) is 11.0. The van der Waals surface area contributed by atoms with Gasteiger partial charge in [0.05, 0.1) is 5.56 Å².